The average molecular weight is 1230 g/mol. The lowest BCUT2D eigenvalue weighted by Crippen LogP contribution is -2.44. The minimum absolute atomic E-state index is 0.0935. The third-order valence-corrected chi connectivity index (χ3v) is 15.6. The van der Waals surface area contributed by atoms with Crippen molar-refractivity contribution in [2.75, 3.05) is 24.7 Å². The highest BCUT2D eigenvalue weighted by Gasteiger charge is 2.54. The van der Waals surface area contributed by atoms with E-state index in [4.69, 9.17) is 37.9 Å². The van der Waals surface area contributed by atoms with Gasteiger partial charge in [-0.15, -0.1) is 0 Å². The van der Waals surface area contributed by atoms with E-state index in [-0.39, 0.29) is 54.9 Å². The molecular formula is C62H52N6O18S2. The summed E-state index contributed by atoms with van der Waals surface area (Å²) in [7, 11) is 0. The fourth-order valence-corrected chi connectivity index (χ4v) is 10.9. The lowest BCUT2D eigenvalue weighted by atomic mass is 10.1. The first kappa shape index (κ1) is 61.1. The second-order valence-corrected chi connectivity index (χ2v) is 21.6. The number of aromatic amines is 2. The van der Waals surface area contributed by atoms with E-state index in [1.54, 1.807) is 109 Å². The number of carbonyl (C=O) groups excluding carboxylic acids is 6. The van der Waals surface area contributed by atoms with Crippen LogP contribution in [0.4, 0.5) is 0 Å². The lowest BCUT2D eigenvalue weighted by Gasteiger charge is -2.24. The summed E-state index contributed by atoms with van der Waals surface area (Å²) in [5, 5.41) is 8.27. The molecule has 10 rings (SSSR count). The molecule has 24 nitrogen and oxygen atoms in total. The third-order valence-electron chi connectivity index (χ3n) is 13.5. The number of hydrogen-bond donors (Lipinski definition) is 2. The first-order valence-corrected chi connectivity index (χ1v) is 29.3. The van der Waals surface area contributed by atoms with Crippen LogP contribution in [0.2, 0.25) is 0 Å². The molecule has 8 unspecified atom stereocenters. The maximum absolute atomic E-state index is 13.8. The highest BCUT2D eigenvalue weighted by Crippen LogP contribution is 2.37. The van der Waals surface area contributed by atoms with Crippen LogP contribution in [-0.2, 0) is 37.9 Å². The van der Waals surface area contributed by atoms with E-state index in [9.17, 15) is 47.9 Å². The zero-order valence-electron chi connectivity index (χ0n) is 46.1. The molecule has 8 atom stereocenters. The molecule has 0 spiro atoms. The number of benzene rings is 6. The zero-order valence-corrected chi connectivity index (χ0v) is 47.8. The zero-order chi connectivity index (χ0) is 61.5. The summed E-state index contributed by atoms with van der Waals surface area (Å²) < 4.78 is 49.2. The Bertz CT molecular complexity index is 3750. The molecule has 0 radical (unpaired) electrons. The predicted octanol–water partition coefficient (Wildman–Crippen LogP) is 6.25. The van der Waals surface area contributed by atoms with Gasteiger partial charge in [-0.3, -0.25) is 19.6 Å². The van der Waals surface area contributed by atoms with Crippen molar-refractivity contribution >= 4 is 59.3 Å². The fourth-order valence-electron chi connectivity index (χ4n) is 9.18. The van der Waals surface area contributed by atoms with Gasteiger partial charge in [-0.25, -0.2) is 38.4 Å². The Morgan fingerprint density at radius 1 is 0.386 bits per heavy atom. The Labute approximate surface area is 507 Å². The van der Waals surface area contributed by atoms with Crippen molar-refractivity contribution in [1.29, 1.82) is 0 Å². The van der Waals surface area contributed by atoms with Crippen molar-refractivity contribution in [2.24, 2.45) is 0 Å². The number of rotatable bonds is 23. The van der Waals surface area contributed by atoms with E-state index in [0.29, 0.717) is 12.8 Å². The standard InChI is InChI=1S/C62H52N6O18S2/c69-49-51(65-67(61(77)63-49)53-47(85-59(75)41-29-15-5-16-30-41)45(83-57(73)39-25-11-3-12-26-39)43(81-53)35-79-55(71)37-21-7-1-8-22-37)87-33-19-20-34-88-52-50(70)64-62(78)68(66-52)54-48(86-60(76)42-31-17-6-18-32-42)46(84-58(74)40-27-13-4-14-28-40)44(82-54)36-80-56(72)38-23-9-2-10-24-38/h1-18,21-32,43-48,53-54H,19-20,33-36H2,(H,63,69,77)(H,64,70,78). The highest BCUT2D eigenvalue weighted by atomic mass is 32.2. The largest absolute Gasteiger partial charge is 0.459 e. The third kappa shape index (κ3) is 15.0. The monoisotopic (exact) mass is 1230 g/mol. The number of carbonyl (C=O) groups is 6. The van der Waals surface area contributed by atoms with Crippen LogP contribution in [0.3, 0.4) is 0 Å². The van der Waals surface area contributed by atoms with E-state index >= 15 is 0 Å². The Morgan fingerprint density at radius 2 is 0.648 bits per heavy atom. The first-order valence-electron chi connectivity index (χ1n) is 27.3. The average Bonchev–Trinajstić information content (AvgIpc) is 3.71. The maximum atomic E-state index is 13.8. The Kier molecular flexibility index (Phi) is 20.1. The van der Waals surface area contributed by atoms with Gasteiger partial charge in [0, 0.05) is 0 Å². The van der Waals surface area contributed by atoms with Gasteiger partial charge in [0.05, 0.1) is 33.4 Å². The van der Waals surface area contributed by atoms with Crippen molar-refractivity contribution in [1.82, 2.24) is 29.5 Å². The Hall–Kier alpha value is -10.0. The number of aromatic nitrogens is 6. The van der Waals surface area contributed by atoms with Crippen molar-refractivity contribution in [2.45, 2.75) is 72.0 Å². The number of ether oxygens (including phenoxy) is 8. The first-order chi connectivity index (χ1) is 42.8. The molecule has 2 aromatic heterocycles. The van der Waals surface area contributed by atoms with Crippen LogP contribution in [0, 0.1) is 0 Å². The van der Waals surface area contributed by atoms with E-state index in [2.05, 4.69) is 20.2 Å². The predicted molar refractivity (Wildman–Crippen MR) is 313 cm³/mol. The highest BCUT2D eigenvalue weighted by molar-refractivity contribution is 7.99. The minimum Gasteiger partial charge on any atom is -0.459 e. The minimum atomic E-state index is -1.67. The Morgan fingerprint density at radius 3 is 0.932 bits per heavy atom. The molecule has 6 aromatic carbocycles. The molecule has 4 heterocycles. The number of thioether (sulfide) groups is 2. The second-order valence-electron chi connectivity index (χ2n) is 19.4. The van der Waals surface area contributed by atoms with Gasteiger partial charge < -0.3 is 37.9 Å². The number of H-pyrrole nitrogens is 2. The molecule has 0 amide bonds. The van der Waals surface area contributed by atoms with Crippen molar-refractivity contribution in [3.05, 3.63) is 257 Å². The van der Waals surface area contributed by atoms with Gasteiger partial charge in [-0.2, -0.15) is 19.6 Å². The van der Waals surface area contributed by atoms with Crippen LogP contribution in [0.25, 0.3) is 0 Å². The number of hydrogen-bond acceptors (Lipinski definition) is 22. The van der Waals surface area contributed by atoms with Crippen molar-refractivity contribution in [3.63, 3.8) is 0 Å². The van der Waals surface area contributed by atoms with E-state index in [0.717, 1.165) is 32.9 Å². The van der Waals surface area contributed by atoms with Crippen LogP contribution >= 0.6 is 23.5 Å². The molecule has 0 bridgehead atoms. The molecule has 26 heteroatoms. The van der Waals surface area contributed by atoms with Gasteiger partial charge in [-0.05, 0) is 97.1 Å². The van der Waals surface area contributed by atoms with Gasteiger partial charge in [0.25, 0.3) is 11.1 Å². The van der Waals surface area contributed by atoms with E-state index in [1.807, 2.05) is 0 Å². The summed E-state index contributed by atoms with van der Waals surface area (Å²) in [6, 6.07) is 47.4. The quantitative estimate of drug-likeness (QED) is 0.0309. The van der Waals surface area contributed by atoms with Gasteiger partial charge in [-0.1, -0.05) is 133 Å². The maximum Gasteiger partial charge on any atom is 0.347 e. The van der Waals surface area contributed by atoms with Crippen LogP contribution in [0.15, 0.2) is 211 Å². The van der Waals surface area contributed by atoms with Crippen LogP contribution in [0.5, 0.6) is 0 Å². The smallest absolute Gasteiger partial charge is 0.347 e. The van der Waals surface area contributed by atoms with Crippen LogP contribution in [0.1, 0.15) is 87.4 Å². The van der Waals surface area contributed by atoms with Gasteiger partial charge in [0.15, 0.2) is 46.9 Å². The number of nitrogens with zero attached hydrogens (tertiary/aromatic N) is 4. The van der Waals surface area contributed by atoms with Crippen LogP contribution in [-0.4, -0.2) is 127 Å². The summed E-state index contributed by atoms with van der Waals surface area (Å²) in [6.07, 6.45) is -11.7. The van der Waals surface area contributed by atoms with Gasteiger partial charge in [0.2, 0.25) is 0 Å². The van der Waals surface area contributed by atoms with Crippen LogP contribution < -0.4 is 22.5 Å². The topological polar surface area (TPSA) is 312 Å². The molecule has 450 valence electrons. The summed E-state index contributed by atoms with van der Waals surface area (Å²) in [4.78, 5) is 140. The molecule has 2 saturated heterocycles. The molecular weight excluding hydrogens is 1180 g/mol. The number of nitrogens with one attached hydrogen (secondary N) is 2. The second kappa shape index (κ2) is 28.9. The van der Waals surface area contributed by atoms with Gasteiger partial charge >= 0.3 is 47.2 Å². The molecule has 2 N–H and O–H groups in total. The molecule has 2 aliphatic rings. The summed E-state index contributed by atoms with van der Waals surface area (Å²) in [6.45, 7) is -1.12. The molecule has 0 aliphatic carbocycles. The molecule has 2 fully saturated rings. The van der Waals surface area contributed by atoms with Gasteiger partial charge in [0.1, 0.15) is 25.4 Å². The fraction of sp³-hybridized carbons (Fsp3) is 0.226. The molecule has 2 aliphatic heterocycles. The molecule has 0 saturated carbocycles. The SMILES string of the molecule is O=C(OCC1OC(n2nc(SCCCCSc3nn(C4OC(COC(=O)c5ccccc5)C(OC(=O)c5ccccc5)C4OC(=O)c4ccccc4)c(=O)[nH]c3=O)c(=O)[nH]c2=O)C(OC(=O)c2ccccc2)C1OC(=O)c1ccccc1)c1ccccc1. The molecule has 8 aromatic rings. The van der Waals surface area contributed by atoms with E-state index < -0.39 is 121 Å². The summed E-state index contributed by atoms with van der Waals surface area (Å²) in [5.74, 6) is -4.63. The summed E-state index contributed by atoms with van der Waals surface area (Å²) in [5.41, 5.74) is -3.09. The van der Waals surface area contributed by atoms with E-state index in [1.165, 1.54) is 72.8 Å². The Balaban J connectivity index is 0.857. The lowest BCUT2D eigenvalue weighted by molar-refractivity contribution is -0.0708. The normalized spacial score (nSPS) is 19.4. The number of esters is 6. The summed E-state index contributed by atoms with van der Waals surface area (Å²) >= 11 is 1.89. The molecule has 88 heavy (non-hydrogen) atoms. The number of unbranched alkanes of at least 4 members (excludes halogenated alkanes) is 1. The van der Waals surface area contributed by atoms with Crippen molar-refractivity contribution in [3.8, 4) is 0 Å². The van der Waals surface area contributed by atoms with Crippen molar-refractivity contribution < 1.29 is 66.7 Å².